The van der Waals surface area contributed by atoms with Gasteiger partial charge < -0.3 is 10.6 Å². The molecule has 0 bridgehead atoms. The number of allylic oxidation sites excluding steroid dienone is 1. The van der Waals surface area contributed by atoms with Gasteiger partial charge in [0.15, 0.2) is 5.96 Å². The van der Waals surface area contributed by atoms with E-state index in [1.54, 1.807) is 18.1 Å². The lowest BCUT2D eigenvalue weighted by atomic mass is 9.97. The van der Waals surface area contributed by atoms with Crippen molar-refractivity contribution in [2.24, 2.45) is 4.99 Å². The van der Waals surface area contributed by atoms with E-state index in [0.717, 1.165) is 36.9 Å². The molecule has 1 aliphatic rings. The summed E-state index contributed by atoms with van der Waals surface area (Å²) in [5, 5.41) is 6.77. The lowest BCUT2D eigenvalue weighted by molar-refractivity contribution is 0.665. The van der Waals surface area contributed by atoms with E-state index in [1.165, 1.54) is 25.7 Å². The van der Waals surface area contributed by atoms with Gasteiger partial charge in [-0.05, 0) is 56.7 Å². The molecule has 0 spiro atoms. The molecule has 146 valence electrons. The highest BCUT2D eigenvalue weighted by Crippen LogP contribution is 2.19. The van der Waals surface area contributed by atoms with Crippen LogP contribution in [0.4, 0.5) is 0 Å². The zero-order valence-corrected chi connectivity index (χ0v) is 18.2. The third-order valence-corrected chi connectivity index (χ3v) is 4.47. The number of imidazole rings is 1. The van der Waals surface area contributed by atoms with Crippen molar-refractivity contribution in [1.29, 1.82) is 0 Å². The highest BCUT2D eigenvalue weighted by Gasteiger charge is 2.04. The number of aliphatic imine (C=N–C) groups is 1. The molecule has 1 aliphatic carbocycles. The van der Waals surface area contributed by atoms with E-state index < -0.39 is 0 Å². The van der Waals surface area contributed by atoms with Crippen LogP contribution in [0.2, 0.25) is 0 Å². The standard InChI is InChI=1S/C20H28N6.HI/c1-2-22-20(24-11-8-17-6-4-3-5-7-17)25-15-18-9-10-23-19(14-18)26-13-12-21-16-26;/h6,9-10,12-14,16H,2-5,7-8,11,15H2,1H3,(H2,22,24,25);1H. The van der Waals surface area contributed by atoms with Crippen LogP contribution < -0.4 is 10.6 Å². The molecule has 0 amide bonds. The maximum Gasteiger partial charge on any atom is 0.191 e. The van der Waals surface area contributed by atoms with Crippen molar-refractivity contribution in [3.05, 3.63) is 54.3 Å². The molecule has 3 rings (SSSR count). The van der Waals surface area contributed by atoms with Crippen LogP contribution in [0.3, 0.4) is 0 Å². The van der Waals surface area contributed by atoms with E-state index >= 15 is 0 Å². The fraction of sp³-hybridized carbons (Fsp3) is 0.450. The highest BCUT2D eigenvalue weighted by molar-refractivity contribution is 14.0. The SMILES string of the molecule is CCNC(=NCc1ccnc(-n2ccnc2)c1)NCCC1=CCCCC1.I. The Morgan fingerprint density at radius 3 is 2.93 bits per heavy atom. The highest BCUT2D eigenvalue weighted by atomic mass is 127. The average molecular weight is 480 g/mol. The smallest absolute Gasteiger partial charge is 0.191 e. The number of nitrogens with zero attached hydrogens (tertiary/aromatic N) is 4. The van der Waals surface area contributed by atoms with Crippen LogP contribution in [-0.4, -0.2) is 33.6 Å². The number of aromatic nitrogens is 3. The molecule has 0 aromatic carbocycles. The maximum atomic E-state index is 4.71. The van der Waals surface area contributed by atoms with Gasteiger partial charge in [-0.15, -0.1) is 24.0 Å². The van der Waals surface area contributed by atoms with Crippen LogP contribution in [-0.2, 0) is 6.54 Å². The fourth-order valence-electron chi connectivity index (χ4n) is 3.08. The van der Waals surface area contributed by atoms with Crippen molar-refractivity contribution in [3.63, 3.8) is 0 Å². The molecule has 0 radical (unpaired) electrons. The Balaban J connectivity index is 0.00000261. The van der Waals surface area contributed by atoms with Crippen molar-refractivity contribution in [3.8, 4) is 5.82 Å². The average Bonchev–Trinajstić information content (AvgIpc) is 3.22. The molecule has 0 fully saturated rings. The van der Waals surface area contributed by atoms with Gasteiger partial charge in [-0.25, -0.2) is 15.0 Å². The van der Waals surface area contributed by atoms with E-state index in [4.69, 9.17) is 4.99 Å². The summed E-state index contributed by atoms with van der Waals surface area (Å²) in [6.45, 7) is 4.48. The number of guanidine groups is 1. The first-order valence-electron chi connectivity index (χ1n) is 9.48. The summed E-state index contributed by atoms with van der Waals surface area (Å²) < 4.78 is 1.90. The molecule has 0 aliphatic heterocycles. The predicted octanol–water partition coefficient (Wildman–Crippen LogP) is 3.83. The second-order valence-corrected chi connectivity index (χ2v) is 6.47. The number of nitrogens with one attached hydrogen (secondary N) is 2. The van der Waals surface area contributed by atoms with Crippen molar-refractivity contribution in [2.75, 3.05) is 13.1 Å². The largest absolute Gasteiger partial charge is 0.357 e. The monoisotopic (exact) mass is 480 g/mol. The van der Waals surface area contributed by atoms with Gasteiger partial charge in [-0.1, -0.05) is 11.6 Å². The Kier molecular flexibility index (Phi) is 9.30. The van der Waals surface area contributed by atoms with E-state index in [1.807, 2.05) is 29.1 Å². The van der Waals surface area contributed by atoms with E-state index in [0.29, 0.717) is 6.54 Å². The summed E-state index contributed by atoms with van der Waals surface area (Å²) in [5.41, 5.74) is 2.70. The topological polar surface area (TPSA) is 67.1 Å². The van der Waals surface area contributed by atoms with E-state index in [2.05, 4.69) is 33.6 Å². The Morgan fingerprint density at radius 1 is 1.26 bits per heavy atom. The van der Waals surface area contributed by atoms with Crippen LogP contribution in [0.1, 0.15) is 44.6 Å². The van der Waals surface area contributed by atoms with E-state index in [-0.39, 0.29) is 24.0 Å². The second kappa shape index (κ2) is 11.7. The maximum absolute atomic E-state index is 4.71. The normalized spacial score (nSPS) is 14.3. The van der Waals surface area contributed by atoms with Gasteiger partial charge in [0, 0.05) is 31.7 Å². The molecule has 7 heteroatoms. The molecule has 27 heavy (non-hydrogen) atoms. The summed E-state index contributed by atoms with van der Waals surface area (Å²) >= 11 is 0. The van der Waals surface area contributed by atoms with Crippen molar-refractivity contribution >= 4 is 29.9 Å². The van der Waals surface area contributed by atoms with Crippen molar-refractivity contribution in [2.45, 2.75) is 45.6 Å². The molecule has 2 N–H and O–H groups in total. The zero-order chi connectivity index (χ0) is 18.0. The van der Waals surface area contributed by atoms with Gasteiger partial charge in [-0.2, -0.15) is 0 Å². The summed E-state index contributed by atoms with van der Waals surface area (Å²) in [7, 11) is 0. The first kappa shape index (κ1) is 21.4. The van der Waals surface area contributed by atoms with Gasteiger partial charge in [-0.3, -0.25) is 4.57 Å². The van der Waals surface area contributed by atoms with Crippen LogP contribution in [0.25, 0.3) is 5.82 Å². The predicted molar refractivity (Wildman–Crippen MR) is 121 cm³/mol. The number of halogens is 1. The molecule has 0 saturated heterocycles. The van der Waals surface area contributed by atoms with Crippen LogP contribution in [0, 0.1) is 0 Å². The van der Waals surface area contributed by atoms with Gasteiger partial charge in [0.1, 0.15) is 12.1 Å². The lowest BCUT2D eigenvalue weighted by Crippen LogP contribution is -2.37. The Bertz CT molecular complexity index is 739. The molecule has 0 saturated carbocycles. The van der Waals surface area contributed by atoms with Crippen LogP contribution in [0.15, 0.2) is 53.7 Å². The molecular weight excluding hydrogens is 451 g/mol. The third-order valence-electron chi connectivity index (χ3n) is 4.47. The van der Waals surface area contributed by atoms with Gasteiger partial charge in [0.05, 0.1) is 6.54 Å². The molecular formula is C20H29IN6. The number of hydrogen-bond acceptors (Lipinski definition) is 3. The van der Waals surface area contributed by atoms with Crippen molar-refractivity contribution in [1.82, 2.24) is 25.2 Å². The molecule has 6 nitrogen and oxygen atoms in total. The molecule has 2 aromatic heterocycles. The Morgan fingerprint density at radius 2 is 2.19 bits per heavy atom. The van der Waals surface area contributed by atoms with Crippen LogP contribution >= 0.6 is 24.0 Å². The number of hydrogen-bond donors (Lipinski definition) is 2. The quantitative estimate of drug-likeness (QED) is 0.274. The first-order valence-corrected chi connectivity index (χ1v) is 9.48. The van der Waals surface area contributed by atoms with Crippen LogP contribution in [0.5, 0.6) is 0 Å². The van der Waals surface area contributed by atoms with Gasteiger partial charge in [0.2, 0.25) is 0 Å². The Labute approximate surface area is 178 Å². The van der Waals surface area contributed by atoms with Gasteiger partial charge >= 0.3 is 0 Å². The molecule has 0 atom stereocenters. The summed E-state index contributed by atoms with van der Waals surface area (Å²) in [4.78, 5) is 13.2. The molecule has 0 unspecified atom stereocenters. The number of pyridine rings is 1. The molecule has 2 aromatic rings. The minimum Gasteiger partial charge on any atom is -0.357 e. The minimum absolute atomic E-state index is 0. The third kappa shape index (κ3) is 6.97. The Hall–Kier alpha value is -1.90. The number of rotatable bonds is 7. The van der Waals surface area contributed by atoms with Crippen molar-refractivity contribution < 1.29 is 0 Å². The van der Waals surface area contributed by atoms with Gasteiger partial charge in [0.25, 0.3) is 0 Å². The minimum atomic E-state index is 0. The lowest BCUT2D eigenvalue weighted by Gasteiger charge is -2.15. The second-order valence-electron chi connectivity index (χ2n) is 6.47. The first-order chi connectivity index (χ1) is 12.8. The summed E-state index contributed by atoms with van der Waals surface area (Å²) in [6, 6.07) is 4.04. The van der Waals surface area contributed by atoms with E-state index in [9.17, 15) is 0 Å². The summed E-state index contributed by atoms with van der Waals surface area (Å²) in [5.74, 6) is 1.72. The fourth-order valence-corrected chi connectivity index (χ4v) is 3.08. The zero-order valence-electron chi connectivity index (χ0n) is 15.9. The molecule has 2 heterocycles. The summed E-state index contributed by atoms with van der Waals surface area (Å²) in [6.07, 6.45) is 15.9.